The highest BCUT2D eigenvalue weighted by Gasteiger charge is 2.45. The van der Waals surface area contributed by atoms with Crippen LogP contribution in [0.5, 0.6) is 11.5 Å². The molecule has 10 heteroatoms. The van der Waals surface area contributed by atoms with Crippen molar-refractivity contribution in [1.82, 2.24) is 0 Å². The van der Waals surface area contributed by atoms with Crippen LogP contribution in [0.1, 0.15) is 55.3 Å². The van der Waals surface area contributed by atoms with Gasteiger partial charge in [-0.3, -0.25) is 19.2 Å². The van der Waals surface area contributed by atoms with Crippen LogP contribution in [0.25, 0.3) is 0 Å². The molecule has 0 spiro atoms. The van der Waals surface area contributed by atoms with Crippen molar-refractivity contribution < 1.29 is 28.7 Å². The fourth-order valence-corrected chi connectivity index (χ4v) is 4.31. The van der Waals surface area contributed by atoms with Gasteiger partial charge < -0.3 is 9.47 Å². The number of ketones is 4. The van der Waals surface area contributed by atoms with Gasteiger partial charge in [-0.05, 0) is 50.2 Å². The number of benzene rings is 3. The molecule has 2 aliphatic rings. The molecule has 190 valence electrons. The number of hydrogen-bond acceptors (Lipinski definition) is 10. The van der Waals surface area contributed by atoms with E-state index in [1.165, 1.54) is 12.1 Å². The zero-order valence-electron chi connectivity index (χ0n) is 20.6. The fraction of sp³-hybridized carbons (Fsp3) is 0.214. The van der Waals surface area contributed by atoms with Crippen molar-refractivity contribution in [2.75, 3.05) is 13.2 Å². The molecule has 3 aromatic rings. The van der Waals surface area contributed by atoms with Gasteiger partial charge in [-0.1, -0.05) is 12.1 Å². The SMILES string of the molecule is CCOc1cccc(N=NC2C(=O)c3cc4c(cc3C2=O)C(=O)C(N=Nc2cccc(OCC)c2)C4=O)c1. The summed E-state index contributed by atoms with van der Waals surface area (Å²) in [5.74, 6) is -1.19. The smallest absolute Gasteiger partial charge is 0.197 e. The fourth-order valence-electron chi connectivity index (χ4n) is 4.31. The summed E-state index contributed by atoms with van der Waals surface area (Å²) in [6.45, 7) is 4.64. The minimum atomic E-state index is -1.39. The third-order valence-corrected chi connectivity index (χ3v) is 6.05. The maximum atomic E-state index is 13.0. The van der Waals surface area contributed by atoms with Crippen molar-refractivity contribution in [1.29, 1.82) is 0 Å². The van der Waals surface area contributed by atoms with Gasteiger partial charge in [0.05, 0.1) is 24.6 Å². The van der Waals surface area contributed by atoms with Gasteiger partial charge in [0.1, 0.15) is 11.5 Å². The van der Waals surface area contributed by atoms with E-state index in [4.69, 9.17) is 9.47 Å². The minimum Gasteiger partial charge on any atom is -0.494 e. The summed E-state index contributed by atoms with van der Waals surface area (Å²) in [5.41, 5.74) is 0.960. The molecule has 38 heavy (non-hydrogen) atoms. The van der Waals surface area contributed by atoms with Crippen LogP contribution in [0.2, 0.25) is 0 Å². The lowest BCUT2D eigenvalue weighted by atomic mass is 10.0. The van der Waals surface area contributed by atoms with E-state index < -0.39 is 35.2 Å². The van der Waals surface area contributed by atoms with Gasteiger partial charge in [0.2, 0.25) is 0 Å². The summed E-state index contributed by atoms with van der Waals surface area (Å²) in [4.78, 5) is 52.1. The van der Waals surface area contributed by atoms with E-state index >= 15 is 0 Å². The first-order valence-electron chi connectivity index (χ1n) is 12.0. The maximum absolute atomic E-state index is 13.0. The minimum absolute atomic E-state index is 0.0314. The Balaban J connectivity index is 1.38. The molecule has 2 aliphatic carbocycles. The maximum Gasteiger partial charge on any atom is 0.197 e. The Labute approximate surface area is 217 Å². The van der Waals surface area contributed by atoms with Crippen molar-refractivity contribution in [2.24, 2.45) is 20.5 Å². The molecule has 0 saturated carbocycles. The molecule has 0 aromatic heterocycles. The van der Waals surface area contributed by atoms with Gasteiger partial charge >= 0.3 is 0 Å². The van der Waals surface area contributed by atoms with Crippen molar-refractivity contribution in [3.8, 4) is 11.5 Å². The van der Waals surface area contributed by atoms with E-state index in [1.807, 2.05) is 13.8 Å². The molecule has 5 rings (SSSR count). The summed E-state index contributed by atoms with van der Waals surface area (Å²) in [6.07, 6.45) is 0. The third kappa shape index (κ3) is 4.52. The largest absolute Gasteiger partial charge is 0.494 e. The summed E-state index contributed by atoms with van der Waals surface area (Å²) in [5, 5.41) is 16.0. The number of ether oxygens (including phenoxy) is 2. The number of nitrogens with zero attached hydrogens (tertiary/aromatic N) is 4. The molecule has 10 nitrogen and oxygen atoms in total. The number of carbonyl (C=O) groups excluding carboxylic acids is 4. The van der Waals surface area contributed by atoms with E-state index in [1.54, 1.807) is 48.5 Å². The summed E-state index contributed by atoms with van der Waals surface area (Å²) < 4.78 is 10.8. The van der Waals surface area contributed by atoms with Crippen molar-refractivity contribution >= 4 is 34.5 Å². The highest BCUT2D eigenvalue weighted by molar-refractivity contribution is 6.34. The predicted molar refractivity (Wildman–Crippen MR) is 136 cm³/mol. The second-order valence-corrected chi connectivity index (χ2v) is 8.50. The lowest BCUT2D eigenvalue weighted by Gasteiger charge is -2.03. The molecule has 3 aromatic carbocycles. The van der Waals surface area contributed by atoms with Crippen LogP contribution in [0, 0.1) is 0 Å². The molecule has 0 amide bonds. The zero-order chi connectivity index (χ0) is 26.8. The van der Waals surface area contributed by atoms with Crippen LogP contribution in [-0.4, -0.2) is 48.4 Å². The quantitative estimate of drug-likeness (QED) is 0.288. The van der Waals surface area contributed by atoms with Gasteiger partial charge in [0.15, 0.2) is 35.2 Å². The molecule has 0 radical (unpaired) electrons. The highest BCUT2D eigenvalue weighted by atomic mass is 16.5. The van der Waals surface area contributed by atoms with Gasteiger partial charge in [-0.2, -0.15) is 20.5 Å². The topological polar surface area (TPSA) is 136 Å². The first-order chi connectivity index (χ1) is 18.4. The number of azo groups is 2. The van der Waals surface area contributed by atoms with Gasteiger partial charge in [-0.15, -0.1) is 0 Å². The van der Waals surface area contributed by atoms with Crippen LogP contribution >= 0.6 is 0 Å². The molecular weight excluding hydrogens is 488 g/mol. The molecule has 0 saturated heterocycles. The van der Waals surface area contributed by atoms with Crippen molar-refractivity contribution in [2.45, 2.75) is 25.9 Å². The second-order valence-electron chi connectivity index (χ2n) is 8.50. The lowest BCUT2D eigenvalue weighted by molar-refractivity contribution is 0.0879. The lowest BCUT2D eigenvalue weighted by Crippen LogP contribution is -2.20. The first-order valence-corrected chi connectivity index (χ1v) is 12.0. The van der Waals surface area contributed by atoms with Gasteiger partial charge in [0, 0.05) is 34.4 Å². The van der Waals surface area contributed by atoms with Crippen LogP contribution in [0.15, 0.2) is 81.1 Å². The van der Waals surface area contributed by atoms with E-state index in [9.17, 15) is 19.2 Å². The van der Waals surface area contributed by atoms with E-state index in [-0.39, 0.29) is 22.3 Å². The highest BCUT2D eigenvalue weighted by Crippen LogP contribution is 2.34. The first kappa shape index (κ1) is 24.8. The van der Waals surface area contributed by atoms with E-state index in [0.717, 1.165) is 0 Å². The second kappa shape index (κ2) is 10.3. The molecule has 0 unspecified atom stereocenters. The standard InChI is InChI=1S/C28H22N4O6/c1-3-37-17-9-5-7-15(11-17)29-31-23-25(33)19-13-21-22(14-20(19)26(23)34)28(36)24(27(21)35)32-30-16-8-6-10-18(12-16)38-4-2/h5-14,23-24H,3-4H2,1-2H3. The van der Waals surface area contributed by atoms with Gasteiger partial charge in [0.25, 0.3) is 0 Å². The van der Waals surface area contributed by atoms with E-state index in [0.29, 0.717) is 36.1 Å². The average Bonchev–Trinajstić information content (AvgIpc) is 3.29. The Hall–Kier alpha value is -4.86. The molecule has 0 heterocycles. The Morgan fingerprint density at radius 2 is 0.947 bits per heavy atom. The number of rotatable bonds is 8. The number of carbonyl (C=O) groups is 4. The molecule has 0 N–H and O–H groups in total. The molecular formula is C28H22N4O6. The molecule has 0 aliphatic heterocycles. The van der Waals surface area contributed by atoms with Crippen LogP contribution in [0.4, 0.5) is 11.4 Å². The number of hydrogen-bond donors (Lipinski definition) is 0. The normalized spacial score (nSPS) is 15.6. The average molecular weight is 511 g/mol. The Morgan fingerprint density at radius 1 is 0.579 bits per heavy atom. The van der Waals surface area contributed by atoms with Crippen molar-refractivity contribution in [3.63, 3.8) is 0 Å². The summed E-state index contributed by atoms with van der Waals surface area (Å²) in [7, 11) is 0. The van der Waals surface area contributed by atoms with Gasteiger partial charge in [-0.25, -0.2) is 0 Å². The Kier molecular flexibility index (Phi) is 6.69. The van der Waals surface area contributed by atoms with Crippen LogP contribution in [0.3, 0.4) is 0 Å². The predicted octanol–water partition coefficient (Wildman–Crippen LogP) is 5.55. The molecule has 0 bridgehead atoms. The van der Waals surface area contributed by atoms with Crippen LogP contribution in [-0.2, 0) is 0 Å². The Bertz CT molecular complexity index is 1380. The molecule has 0 fully saturated rings. The number of fused-ring (bicyclic) bond motifs is 2. The van der Waals surface area contributed by atoms with E-state index in [2.05, 4.69) is 20.5 Å². The summed E-state index contributed by atoms with van der Waals surface area (Å²) in [6, 6.07) is 13.3. The monoisotopic (exact) mass is 510 g/mol. The third-order valence-electron chi connectivity index (χ3n) is 6.05. The number of Topliss-reactive ketones (excluding diaryl/α,β-unsaturated/α-hetero) is 4. The Morgan fingerprint density at radius 3 is 1.29 bits per heavy atom. The van der Waals surface area contributed by atoms with Crippen LogP contribution < -0.4 is 9.47 Å². The molecule has 0 atom stereocenters. The zero-order valence-corrected chi connectivity index (χ0v) is 20.6. The van der Waals surface area contributed by atoms with Crippen molar-refractivity contribution in [3.05, 3.63) is 82.9 Å². The summed E-state index contributed by atoms with van der Waals surface area (Å²) >= 11 is 0.